The fraction of sp³-hybridized carbons (Fsp3) is 0.857. The molecule has 7 heteroatoms. The number of esters is 1. The highest BCUT2D eigenvalue weighted by Gasteiger charge is 2.32. The molecule has 1 atom stereocenters. The van der Waals surface area contributed by atoms with Crippen molar-refractivity contribution in [3.05, 3.63) is 0 Å². The number of unbranched alkanes of at least 4 members (excludes halogenated alkanes) is 5. The number of carbonyl (C=O) groups excluding carboxylic acids is 1. The van der Waals surface area contributed by atoms with Crippen LogP contribution < -0.4 is 0 Å². The van der Waals surface area contributed by atoms with Gasteiger partial charge >= 0.3 is 18.1 Å². The molecule has 0 aromatic rings. The lowest BCUT2D eigenvalue weighted by atomic mass is 9.97. The van der Waals surface area contributed by atoms with Crippen LogP contribution in [0.4, 0.5) is 13.2 Å². The molecule has 21 heavy (non-hydrogen) atoms. The number of rotatable bonds is 11. The van der Waals surface area contributed by atoms with Crippen molar-refractivity contribution in [2.24, 2.45) is 5.92 Å². The summed E-state index contributed by atoms with van der Waals surface area (Å²) in [5, 5.41) is 8.70. The Morgan fingerprint density at radius 1 is 1.10 bits per heavy atom. The molecule has 0 aromatic heterocycles. The monoisotopic (exact) mass is 312 g/mol. The predicted octanol–water partition coefficient (Wildman–Crippen LogP) is 3.93. The van der Waals surface area contributed by atoms with Crippen molar-refractivity contribution in [2.45, 2.75) is 64.5 Å². The Morgan fingerprint density at radius 2 is 1.67 bits per heavy atom. The maximum atomic E-state index is 12.0. The van der Waals surface area contributed by atoms with E-state index in [0.717, 1.165) is 32.1 Å². The van der Waals surface area contributed by atoms with Crippen molar-refractivity contribution in [1.29, 1.82) is 0 Å². The number of hydrogen-bond acceptors (Lipinski definition) is 3. The smallest absolute Gasteiger partial charge is 0.422 e. The summed E-state index contributed by atoms with van der Waals surface area (Å²) in [6.45, 7) is 0.415. The SMILES string of the molecule is CCCCCCCC[C@@H](CC(=O)O)C(=O)OCC(F)(F)F. The van der Waals surface area contributed by atoms with Gasteiger partial charge in [0, 0.05) is 0 Å². The minimum Gasteiger partial charge on any atom is -0.481 e. The zero-order valence-electron chi connectivity index (χ0n) is 12.2. The van der Waals surface area contributed by atoms with Crippen LogP contribution in [0.25, 0.3) is 0 Å². The molecule has 0 amide bonds. The minimum atomic E-state index is -4.59. The Morgan fingerprint density at radius 3 is 2.19 bits per heavy atom. The maximum absolute atomic E-state index is 12.0. The largest absolute Gasteiger partial charge is 0.481 e. The topological polar surface area (TPSA) is 63.6 Å². The van der Waals surface area contributed by atoms with Gasteiger partial charge in [0.15, 0.2) is 6.61 Å². The van der Waals surface area contributed by atoms with Gasteiger partial charge in [-0.3, -0.25) is 9.59 Å². The Kier molecular flexibility index (Phi) is 9.82. The summed E-state index contributed by atoms with van der Waals surface area (Å²) in [4.78, 5) is 22.2. The van der Waals surface area contributed by atoms with Crippen LogP contribution in [0.3, 0.4) is 0 Å². The van der Waals surface area contributed by atoms with E-state index in [9.17, 15) is 22.8 Å². The van der Waals surface area contributed by atoms with E-state index >= 15 is 0 Å². The Labute approximate surface area is 122 Å². The molecule has 0 rings (SSSR count). The number of carboxylic acids is 1. The van der Waals surface area contributed by atoms with Crippen LogP contribution in [0, 0.1) is 5.92 Å². The molecule has 0 aliphatic rings. The minimum absolute atomic E-state index is 0.245. The lowest BCUT2D eigenvalue weighted by Crippen LogP contribution is -2.26. The van der Waals surface area contributed by atoms with E-state index in [1.165, 1.54) is 0 Å². The first-order valence-corrected chi connectivity index (χ1v) is 7.21. The number of carbonyl (C=O) groups is 2. The van der Waals surface area contributed by atoms with Crippen LogP contribution in [0.2, 0.25) is 0 Å². The summed E-state index contributed by atoms with van der Waals surface area (Å²) < 4.78 is 40.1. The van der Waals surface area contributed by atoms with Crippen LogP contribution in [0.1, 0.15) is 58.3 Å². The third kappa shape index (κ3) is 12.2. The van der Waals surface area contributed by atoms with Crippen LogP contribution in [0.5, 0.6) is 0 Å². The molecule has 124 valence electrons. The molecule has 0 unspecified atom stereocenters. The van der Waals surface area contributed by atoms with Crippen molar-refractivity contribution in [3.63, 3.8) is 0 Å². The summed E-state index contributed by atoms with van der Waals surface area (Å²) in [6, 6.07) is 0. The molecule has 4 nitrogen and oxygen atoms in total. The van der Waals surface area contributed by atoms with Crippen LogP contribution in [-0.4, -0.2) is 29.8 Å². The number of alkyl halides is 3. The third-order valence-corrected chi connectivity index (χ3v) is 3.04. The van der Waals surface area contributed by atoms with Gasteiger partial charge in [-0.2, -0.15) is 13.2 Å². The first-order valence-electron chi connectivity index (χ1n) is 7.21. The van der Waals surface area contributed by atoms with E-state index in [0.29, 0.717) is 6.42 Å². The van der Waals surface area contributed by atoms with Gasteiger partial charge in [0.1, 0.15) is 0 Å². The van der Waals surface area contributed by atoms with E-state index in [-0.39, 0.29) is 6.42 Å². The first-order chi connectivity index (χ1) is 9.76. The second-order valence-corrected chi connectivity index (χ2v) is 5.07. The van der Waals surface area contributed by atoms with Crippen molar-refractivity contribution in [3.8, 4) is 0 Å². The molecule has 0 bridgehead atoms. The quantitative estimate of drug-likeness (QED) is 0.464. The Hall–Kier alpha value is -1.27. The second kappa shape index (κ2) is 10.5. The summed E-state index contributed by atoms with van der Waals surface area (Å²) >= 11 is 0. The van der Waals surface area contributed by atoms with Gasteiger partial charge in [-0.05, 0) is 6.42 Å². The first kappa shape index (κ1) is 19.7. The highest BCUT2D eigenvalue weighted by molar-refractivity contribution is 5.79. The fourth-order valence-electron chi connectivity index (χ4n) is 1.96. The van der Waals surface area contributed by atoms with Gasteiger partial charge in [-0.1, -0.05) is 45.4 Å². The van der Waals surface area contributed by atoms with Gasteiger partial charge in [0.25, 0.3) is 0 Å². The lowest BCUT2D eigenvalue weighted by Gasteiger charge is -2.15. The number of halogens is 3. The highest BCUT2D eigenvalue weighted by Crippen LogP contribution is 2.20. The Balaban J connectivity index is 4.12. The molecular formula is C14H23F3O4. The van der Waals surface area contributed by atoms with Gasteiger partial charge < -0.3 is 9.84 Å². The fourth-order valence-corrected chi connectivity index (χ4v) is 1.96. The molecule has 0 spiro atoms. The average molecular weight is 312 g/mol. The van der Waals surface area contributed by atoms with Crippen molar-refractivity contribution < 1.29 is 32.6 Å². The number of aliphatic carboxylic acids is 1. The average Bonchev–Trinajstić information content (AvgIpc) is 2.37. The Bertz CT molecular complexity index is 316. The normalized spacial score (nSPS) is 13.0. The zero-order chi connectivity index (χ0) is 16.3. The number of carboxylic acid groups (broad SMARTS) is 1. The van der Waals surface area contributed by atoms with Crippen LogP contribution in [0.15, 0.2) is 0 Å². The maximum Gasteiger partial charge on any atom is 0.422 e. The van der Waals surface area contributed by atoms with Gasteiger partial charge in [-0.15, -0.1) is 0 Å². The predicted molar refractivity (Wildman–Crippen MR) is 70.7 cm³/mol. The van der Waals surface area contributed by atoms with Gasteiger partial charge in [0.05, 0.1) is 12.3 Å². The van der Waals surface area contributed by atoms with E-state index < -0.39 is 37.1 Å². The molecule has 0 aliphatic carbocycles. The summed E-state index contributed by atoms with van der Waals surface area (Å²) in [5.41, 5.74) is 0. The van der Waals surface area contributed by atoms with E-state index in [1.807, 2.05) is 0 Å². The molecule has 0 aromatic carbocycles. The molecule has 0 heterocycles. The summed E-state index contributed by atoms with van der Waals surface area (Å²) in [7, 11) is 0. The van der Waals surface area contributed by atoms with Crippen molar-refractivity contribution in [1.82, 2.24) is 0 Å². The summed E-state index contributed by atoms with van der Waals surface area (Å²) in [5.74, 6) is -3.30. The molecule has 0 saturated carbocycles. The van der Waals surface area contributed by atoms with Gasteiger partial charge in [0.2, 0.25) is 0 Å². The molecule has 0 fully saturated rings. The second-order valence-electron chi connectivity index (χ2n) is 5.07. The molecule has 0 radical (unpaired) electrons. The lowest BCUT2D eigenvalue weighted by molar-refractivity contribution is -0.189. The molecular weight excluding hydrogens is 289 g/mol. The molecule has 0 saturated heterocycles. The summed E-state index contributed by atoms with van der Waals surface area (Å²) in [6.07, 6.45) is 0.872. The standard InChI is InChI=1S/C14H23F3O4/c1-2-3-4-5-6-7-8-11(9-12(18)19)13(20)21-10-14(15,16)17/h11H,2-10H2,1H3,(H,18,19)/t11-/m0/s1. The van der Waals surface area contributed by atoms with Crippen LogP contribution in [-0.2, 0) is 14.3 Å². The van der Waals surface area contributed by atoms with Crippen molar-refractivity contribution in [2.75, 3.05) is 6.61 Å². The zero-order valence-corrected chi connectivity index (χ0v) is 12.2. The molecule has 1 N–H and O–H groups in total. The van der Waals surface area contributed by atoms with Gasteiger partial charge in [-0.25, -0.2) is 0 Å². The number of ether oxygens (including phenoxy) is 1. The van der Waals surface area contributed by atoms with Crippen molar-refractivity contribution >= 4 is 11.9 Å². The third-order valence-electron chi connectivity index (χ3n) is 3.04. The molecule has 0 aliphatic heterocycles. The van der Waals surface area contributed by atoms with E-state index in [4.69, 9.17) is 5.11 Å². The van der Waals surface area contributed by atoms with Crippen LogP contribution >= 0.6 is 0 Å². The number of hydrogen-bond donors (Lipinski definition) is 1. The van der Waals surface area contributed by atoms with E-state index in [1.54, 1.807) is 0 Å². The highest BCUT2D eigenvalue weighted by atomic mass is 19.4. The van der Waals surface area contributed by atoms with E-state index in [2.05, 4.69) is 11.7 Å².